The van der Waals surface area contributed by atoms with Crippen LogP contribution in [0.25, 0.3) is 10.9 Å². The number of methoxy groups -OCH3 is 1. The van der Waals surface area contributed by atoms with Gasteiger partial charge in [0.15, 0.2) is 5.82 Å². The Morgan fingerprint density at radius 1 is 1.07 bits per heavy atom. The molecule has 1 aromatic heterocycles. The molecule has 3 aromatic rings. The summed E-state index contributed by atoms with van der Waals surface area (Å²) in [6.45, 7) is 0. The van der Waals surface area contributed by atoms with Crippen LogP contribution in [0.1, 0.15) is 20.7 Å². The van der Waals surface area contributed by atoms with Gasteiger partial charge in [-0.05, 0) is 42.5 Å². The third-order valence-electron chi connectivity index (χ3n) is 3.85. The number of esters is 1. The SMILES string of the molecule is COC(=O)c1ccc2c(NC(=O)c3ccc(OC(F)(F)F)cc3)nn(C)c2c1. The quantitative estimate of drug-likeness (QED) is 0.686. The van der Waals surface area contributed by atoms with Crippen LogP contribution in [0, 0.1) is 0 Å². The van der Waals surface area contributed by atoms with E-state index in [0.717, 1.165) is 12.1 Å². The third-order valence-corrected chi connectivity index (χ3v) is 3.85. The van der Waals surface area contributed by atoms with Gasteiger partial charge in [-0.1, -0.05) is 0 Å². The Balaban J connectivity index is 1.82. The average Bonchev–Trinajstić information content (AvgIpc) is 2.95. The van der Waals surface area contributed by atoms with Crippen LogP contribution in [0.15, 0.2) is 42.5 Å². The molecular weight excluding hydrogens is 379 g/mol. The maximum absolute atomic E-state index is 12.4. The first-order chi connectivity index (χ1) is 13.2. The summed E-state index contributed by atoms with van der Waals surface area (Å²) in [5, 5.41) is 7.39. The third kappa shape index (κ3) is 4.05. The number of fused-ring (bicyclic) bond motifs is 1. The van der Waals surface area contributed by atoms with Gasteiger partial charge in [-0.3, -0.25) is 9.48 Å². The average molecular weight is 393 g/mol. The van der Waals surface area contributed by atoms with Crippen LogP contribution >= 0.6 is 0 Å². The van der Waals surface area contributed by atoms with Crippen molar-refractivity contribution in [3.8, 4) is 5.75 Å². The van der Waals surface area contributed by atoms with Crippen LogP contribution in [0.4, 0.5) is 19.0 Å². The summed E-state index contributed by atoms with van der Waals surface area (Å²) < 4.78 is 46.5. The first-order valence-corrected chi connectivity index (χ1v) is 7.90. The van der Waals surface area contributed by atoms with E-state index >= 15 is 0 Å². The van der Waals surface area contributed by atoms with Gasteiger partial charge in [0.2, 0.25) is 0 Å². The molecular formula is C18H14F3N3O4. The molecule has 0 atom stereocenters. The Bertz CT molecular complexity index is 1040. The zero-order valence-electron chi connectivity index (χ0n) is 14.7. The number of nitrogens with one attached hydrogen (secondary N) is 1. The van der Waals surface area contributed by atoms with Gasteiger partial charge < -0.3 is 14.8 Å². The van der Waals surface area contributed by atoms with E-state index in [1.807, 2.05) is 0 Å². The summed E-state index contributed by atoms with van der Waals surface area (Å²) >= 11 is 0. The minimum atomic E-state index is -4.81. The normalized spacial score (nSPS) is 11.3. The molecule has 0 fully saturated rings. The number of ether oxygens (including phenoxy) is 2. The van der Waals surface area contributed by atoms with Crippen molar-refractivity contribution < 1.29 is 32.2 Å². The molecule has 0 bridgehead atoms. The molecule has 1 N–H and O–H groups in total. The van der Waals surface area contributed by atoms with Crippen molar-refractivity contribution in [1.82, 2.24) is 9.78 Å². The number of nitrogens with zero attached hydrogens (tertiary/aromatic N) is 2. The fourth-order valence-electron chi connectivity index (χ4n) is 2.58. The second-order valence-electron chi connectivity index (χ2n) is 5.72. The van der Waals surface area contributed by atoms with E-state index in [0.29, 0.717) is 16.5 Å². The molecule has 0 saturated carbocycles. The Kier molecular flexibility index (Phi) is 4.95. The Morgan fingerprint density at radius 3 is 2.32 bits per heavy atom. The zero-order chi connectivity index (χ0) is 20.5. The number of alkyl halides is 3. The van der Waals surface area contributed by atoms with Gasteiger partial charge in [-0.15, -0.1) is 13.2 Å². The van der Waals surface area contributed by atoms with Gasteiger partial charge in [0, 0.05) is 18.0 Å². The number of carbonyl (C=O) groups is 2. The van der Waals surface area contributed by atoms with E-state index in [1.54, 1.807) is 19.2 Å². The minimum absolute atomic E-state index is 0.125. The molecule has 0 saturated heterocycles. The van der Waals surface area contributed by atoms with Gasteiger partial charge in [0.05, 0.1) is 18.2 Å². The highest BCUT2D eigenvalue weighted by Crippen LogP contribution is 2.25. The van der Waals surface area contributed by atoms with Crippen LogP contribution in [0.2, 0.25) is 0 Å². The van der Waals surface area contributed by atoms with E-state index < -0.39 is 24.0 Å². The van der Waals surface area contributed by atoms with Gasteiger partial charge in [-0.2, -0.15) is 5.10 Å². The number of aryl methyl sites for hydroxylation is 1. The summed E-state index contributed by atoms with van der Waals surface area (Å²) in [4.78, 5) is 24.0. The molecule has 1 heterocycles. The van der Waals surface area contributed by atoms with Gasteiger partial charge in [0.1, 0.15) is 5.75 Å². The van der Waals surface area contributed by atoms with Crippen LogP contribution in [-0.2, 0) is 11.8 Å². The smallest absolute Gasteiger partial charge is 0.465 e. The van der Waals surface area contributed by atoms with E-state index in [-0.39, 0.29) is 11.4 Å². The number of hydrogen-bond donors (Lipinski definition) is 1. The molecule has 1 amide bonds. The number of halogens is 3. The summed E-state index contributed by atoms with van der Waals surface area (Å²) in [5.41, 5.74) is 1.04. The summed E-state index contributed by atoms with van der Waals surface area (Å²) in [5.74, 6) is -1.25. The number of anilines is 1. The van der Waals surface area contributed by atoms with Crippen LogP contribution < -0.4 is 10.1 Å². The number of aromatic nitrogens is 2. The maximum Gasteiger partial charge on any atom is 0.573 e. The van der Waals surface area contributed by atoms with E-state index in [1.165, 1.54) is 30.0 Å². The molecule has 0 unspecified atom stereocenters. The van der Waals surface area contributed by atoms with Crippen molar-refractivity contribution in [3.05, 3.63) is 53.6 Å². The van der Waals surface area contributed by atoms with Gasteiger partial charge in [0.25, 0.3) is 5.91 Å². The molecule has 146 valence electrons. The molecule has 0 aliphatic heterocycles. The van der Waals surface area contributed by atoms with Crippen LogP contribution in [0.3, 0.4) is 0 Å². The van der Waals surface area contributed by atoms with E-state index in [2.05, 4.69) is 19.9 Å². The summed E-state index contributed by atoms with van der Waals surface area (Å²) in [7, 11) is 2.91. The molecule has 0 radical (unpaired) electrons. The Hall–Kier alpha value is -3.56. The van der Waals surface area contributed by atoms with Gasteiger partial charge in [-0.25, -0.2) is 4.79 Å². The fraction of sp³-hybridized carbons (Fsp3) is 0.167. The number of benzene rings is 2. The van der Waals surface area contributed by atoms with Crippen molar-refractivity contribution in [3.63, 3.8) is 0 Å². The highest BCUT2D eigenvalue weighted by Gasteiger charge is 2.31. The molecule has 7 nitrogen and oxygen atoms in total. The molecule has 0 spiro atoms. The zero-order valence-corrected chi connectivity index (χ0v) is 14.7. The number of amides is 1. The van der Waals surface area contributed by atoms with Crippen molar-refractivity contribution >= 4 is 28.6 Å². The lowest BCUT2D eigenvalue weighted by atomic mass is 10.1. The predicted octanol–water partition coefficient (Wildman–Crippen LogP) is 3.51. The number of hydrogen-bond acceptors (Lipinski definition) is 5. The van der Waals surface area contributed by atoms with Crippen molar-refractivity contribution in [1.29, 1.82) is 0 Å². The monoisotopic (exact) mass is 393 g/mol. The number of carbonyl (C=O) groups excluding carboxylic acids is 2. The molecule has 0 aliphatic carbocycles. The molecule has 2 aromatic carbocycles. The maximum atomic E-state index is 12.4. The summed E-state index contributed by atoms with van der Waals surface area (Å²) in [6, 6.07) is 9.23. The Labute approximate surface area is 156 Å². The molecule has 10 heteroatoms. The first-order valence-electron chi connectivity index (χ1n) is 7.90. The first kappa shape index (κ1) is 19.2. The Morgan fingerprint density at radius 2 is 1.71 bits per heavy atom. The standard InChI is InChI=1S/C18H14F3N3O4/c1-24-14-9-11(17(26)27-2)5-8-13(14)15(23-24)22-16(25)10-3-6-12(7-4-10)28-18(19,20)21/h3-9H,1-2H3,(H,22,23,25). The predicted molar refractivity (Wildman–Crippen MR) is 93.1 cm³/mol. The largest absolute Gasteiger partial charge is 0.573 e. The van der Waals surface area contributed by atoms with Crippen molar-refractivity contribution in [2.45, 2.75) is 6.36 Å². The minimum Gasteiger partial charge on any atom is -0.465 e. The second kappa shape index (κ2) is 7.22. The lowest BCUT2D eigenvalue weighted by Gasteiger charge is -2.09. The second-order valence-corrected chi connectivity index (χ2v) is 5.72. The van der Waals surface area contributed by atoms with E-state index in [9.17, 15) is 22.8 Å². The summed E-state index contributed by atoms with van der Waals surface area (Å²) in [6.07, 6.45) is -4.81. The topological polar surface area (TPSA) is 82.4 Å². The van der Waals surface area contributed by atoms with Crippen LogP contribution in [0.5, 0.6) is 5.75 Å². The lowest BCUT2D eigenvalue weighted by Crippen LogP contribution is -2.17. The highest BCUT2D eigenvalue weighted by atomic mass is 19.4. The fourth-order valence-corrected chi connectivity index (χ4v) is 2.58. The molecule has 0 aliphatic rings. The van der Waals surface area contributed by atoms with Crippen molar-refractivity contribution in [2.75, 3.05) is 12.4 Å². The molecule has 3 rings (SSSR count). The molecule has 28 heavy (non-hydrogen) atoms. The number of rotatable bonds is 4. The highest BCUT2D eigenvalue weighted by molar-refractivity contribution is 6.08. The van der Waals surface area contributed by atoms with Crippen LogP contribution in [-0.4, -0.2) is 35.1 Å². The van der Waals surface area contributed by atoms with Crippen molar-refractivity contribution in [2.24, 2.45) is 7.05 Å². The van der Waals surface area contributed by atoms with Gasteiger partial charge >= 0.3 is 12.3 Å². The van der Waals surface area contributed by atoms with E-state index in [4.69, 9.17) is 0 Å². The lowest BCUT2D eigenvalue weighted by molar-refractivity contribution is -0.274.